The number of amides is 2. The molecule has 2 unspecified atom stereocenters. The third-order valence-corrected chi connectivity index (χ3v) is 11.2. The molecule has 0 aliphatic heterocycles. The first-order chi connectivity index (χ1) is 27.1. The Kier molecular flexibility index (Phi) is 14.3. The quantitative estimate of drug-likeness (QED) is 0.108. The van der Waals surface area contributed by atoms with Crippen LogP contribution in [0.15, 0.2) is 18.2 Å². The third kappa shape index (κ3) is 10.3. The van der Waals surface area contributed by atoms with Crippen LogP contribution in [-0.4, -0.2) is 88.6 Å². The molecule has 0 radical (unpaired) electrons. The SMILES string of the molecule is [C-]#[N+]c1c(CC2C(C(C)(C)C)CC(C)CC2C(C)(C)C)c2[nH]c(-c3ccc(OC)c(NC(=O)C(C)(C)CO)c3)nn2c1OC(=O)N(CC(=O)OCC)CC(=O)OCC. The van der Waals surface area contributed by atoms with Gasteiger partial charge >= 0.3 is 18.0 Å². The van der Waals surface area contributed by atoms with E-state index in [0.29, 0.717) is 58.2 Å². The highest BCUT2D eigenvalue weighted by molar-refractivity contribution is 5.97. The standard InChI is InChI=1S/C43H62N6O9/c1-14-56-33(51)22-48(23-34(52)57-15-2)40(54)58-38-35(44-12)28(21-27-29(41(4,5)6)18-25(3)19-30(27)42(7,8)9)37-46-36(47-49(37)38)26-16-17-32(55-13)31(20-26)45-39(53)43(10,11)24-50/h16-17,20,25,27,29-30,50H,14-15,18-19,21-24H2,1-11,13H3,(H,45,53)(H,46,47). The maximum atomic E-state index is 14.0. The van der Waals surface area contributed by atoms with Crippen LogP contribution in [0.5, 0.6) is 11.6 Å². The van der Waals surface area contributed by atoms with Crippen molar-refractivity contribution in [3.8, 4) is 23.0 Å². The summed E-state index contributed by atoms with van der Waals surface area (Å²) in [7, 11) is 1.48. The van der Waals surface area contributed by atoms with Gasteiger partial charge in [0.1, 0.15) is 24.5 Å². The van der Waals surface area contributed by atoms with Gasteiger partial charge in [0.25, 0.3) is 5.69 Å². The monoisotopic (exact) mass is 806 g/mol. The number of rotatable bonds is 14. The Morgan fingerprint density at radius 2 is 1.55 bits per heavy atom. The maximum Gasteiger partial charge on any atom is 0.416 e. The number of anilines is 1. The van der Waals surface area contributed by atoms with Gasteiger partial charge in [0.2, 0.25) is 11.8 Å². The van der Waals surface area contributed by atoms with Crippen LogP contribution in [0.2, 0.25) is 0 Å². The number of ether oxygens (including phenoxy) is 4. The molecule has 0 saturated heterocycles. The number of nitrogens with one attached hydrogen (secondary N) is 2. The Hall–Kier alpha value is -5.10. The van der Waals surface area contributed by atoms with Gasteiger partial charge in [-0.3, -0.25) is 19.3 Å². The molecule has 3 N–H and O–H groups in total. The number of H-pyrrole nitrogens is 1. The van der Waals surface area contributed by atoms with Crippen LogP contribution in [0.4, 0.5) is 16.2 Å². The summed E-state index contributed by atoms with van der Waals surface area (Å²) in [6.07, 6.45) is 1.44. The molecule has 2 heterocycles. The second kappa shape index (κ2) is 18.2. The molecule has 2 amide bonds. The molecular weight excluding hydrogens is 745 g/mol. The molecule has 1 aliphatic carbocycles. The molecule has 2 aromatic heterocycles. The number of carbonyl (C=O) groups excluding carboxylic acids is 4. The smallest absolute Gasteiger partial charge is 0.416 e. The van der Waals surface area contributed by atoms with E-state index in [1.165, 1.54) is 11.6 Å². The van der Waals surface area contributed by atoms with Crippen molar-refractivity contribution in [2.45, 2.75) is 95.4 Å². The number of esters is 2. The van der Waals surface area contributed by atoms with Crippen molar-refractivity contribution in [3.63, 3.8) is 0 Å². The van der Waals surface area contributed by atoms with Crippen molar-refractivity contribution >= 4 is 41.0 Å². The average Bonchev–Trinajstić information content (AvgIpc) is 3.68. The molecule has 2 atom stereocenters. The van der Waals surface area contributed by atoms with Gasteiger partial charge in [-0.05, 0) is 99.7 Å². The van der Waals surface area contributed by atoms with Crippen molar-refractivity contribution in [3.05, 3.63) is 35.2 Å². The van der Waals surface area contributed by atoms with E-state index in [1.54, 1.807) is 45.9 Å². The van der Waals surface area contributed by atoms with Crippen LogP contribution in [0.25, 0.3) is 21.9 Å². The van der Waals surface area contributed by atoms with E-state index in [0.717, 1.165) is 17.7 Å². The summed E-state index contributed by atoms with van der Waals surface area (Å²) < 4.78 is 23.1. The zero-order chi connectivity index (χ0) is 43.3. The molecule has 318 valence electrons. The first-order valence-electron chi connectivity index (χ1n) is 20.0. The van der Waals surface area contributed by atoms with Gasteiger partial charge in [-0.2, -0.15) is 4.52 Å². The predicted octanol–water partition coefficient (Wildman–Crippen LogP) is 7.69. The molecule has 0 spiro atoms. The number of nitrogens with zero attached hydrogens (tertiary/aromatic N) is 4. The summed E-state index contributed by atoms with van der Waals surface area (Å²) in [6, 6.07) is 5.10. The Labute approximate surface area is 341 Å². The summed E-state index contributed by atoms with van der Waals surface area (Å²) in [5, 5.41) is 17.5. The fourth-order valence-electron chi connectivity index (χ4n) is 8.04. The van der Waals surface area contributed by atoms with E-state index in [4.69, 9.17) is 30.6 Å². The fraction of sp³-hybridized carbons (Fsp3) is 0.628. The minimum absolute atomic E-state index is 0.0520. The summed E-state index contributed by atoms with van der Waals surface area (Å²) in [6.45, 7) is 29.4. The van der Waals surface area contributed by atoms with E-state index in [9.17, 15) is 24.3 Å². The minimum atomic E-state index is -1.08. The zero-order valence-electron chi connectivity index (χ0n) is 36.2. The summed E-state index contributed by atoms with van der Waals surface area (Å²) in [5.41, 5.74) is 0.834. The number of aromatic amines is 1. The van der Waals surface area contributed by atoms with Crippen molar-refractivity contribution in [2.75, 3.05) is 45.3 Å². The van der Waals surface area contributed by atoms with E-state index in [1.807, 2.05) is 0 Å². The predicted molar refractivity (Wildman–Crippen MR) is 220 cm³/mol. The number of fused-ring (bicyclic) bond motifs is 1. The molecular formula is C43H62N6O9. The van der Waals surface area contributed by atoms with Crippen molar-refractivity contribution < 1.29 is 43.2 Å². The number of methoxy groups -OCH3 is 1. The first-order valence-corrected chi connectivity index (χ1v) is 20.0. The normalized spacial score (nSPS) is 18.6. The van der Waals surface area contributed by atoms with Gasteiger partial charge in [-0.15, -0.1) is 5.10 Å². The van der Waals surface area contributed by atoms with E-state index in [-0.39, 0.29) is 48.1 Å². The zero-order valence-corrected chi connectivity index (χ0v) is 36.2. The van der Waals surface area contributed by atoms with Gasteiger partial charge in [0.15, 0.2) is 5.82 Å². The fourth-order valence-corrected chi connectivity index (χ4v) is 8.04. The lowest BCUT2D eigenvalue weighted by molar-refractivity contribution is -0.147. The lowest BCUT2D eigenvalue weighted by Gasteiger charge is -2.51. The van der Waals surface area contributed by atoms with Crippen molar-refractivity contribution in [1.82, 2.24) is 19.5 Å². The number of hydrogen-bond donors (Lipinski definition) is 3. The molecule has 4 rings (SSSR count). The van der Waals surface area contributed by atoms with Gasteiger partial charge < -0.3 is 34.4 Å². The molecule has 1 fully saturated rings. The number of aliphatic hydroxyl groups excluding tert-OH is 1. The van der Waals surface area contributed by atoms with Crippen LogP contribution in [0.3, 0.4) is 0 Å². The van der Waals surface area contributed by atoms with E-state index in [2.05, 4.69) is 63.6 Å². The van der Waals surface area contributed by atoms with Crippen LogP contribution in [0.1, 0.15) is 94.6 Å². The Balaban J connectivity index is 1.94. The second-order valence-electron chi connectivity index (χ2n) is 18.1. The molecule has 15 heteroatoms. The maximum absolute atomic E-state index is 14.0. The van der Waals surface area contributed by atoms with Gasteiger partial charge in [0, 0.05) is 11.1 Å². The molecule has 58 heavy (non-hydrogen) atoms. The summed E-state index contributed by atoms with van der Waals surface area (Å²) in [4.78, 5) is 60.5. The molecule has 1 saturated carbocycles. The van der Waals surface area contributed by atoms with E-state index < -0.39 is 42.4 Å². The molecule has 3 aromatic rings. The molecule has 1 aromatic carbocycles. The van der Waals surface area contributed by atoms with Crippen LogP contribution >= 0.6 is 0 Å². The van der Waals surface area contributed by atoms with Crippen LogP contribution < -0.4 is 14.8 Å². The van der Waals surface area contributed by atoms with Gasteiger partial charge in [-0.1, -0.05) is 48.5 Å². The van der Waals surface area contributed by atoms with Gasteiger partial charge in [0.05, 0.1) is 44.6 Å². The van der Waals surface area contributed by atoms with Crippen LogP contribution in [0, 0.1) is 46.5 Å². The molecule has 15 nitrogen and oxygen atoms in total. The van der Waals surface area contributed by atoms with Gasteiger partial charge in [-0.25, -0.2) is 9.64 Å². The lowest BCUT2D eigenvalue weighted by Crippen LogP contribution is -2.44. The number of aliphatic hydroxyl groups is 1. The number of hydrogen-bond acceptors (Lipinski definition) is 10. The number of aromatic nitrogens is 3. The molecule has 1 aliphatic rings. The largest absolute Gasteiger partial charge is 0.495 e. The Morgan fingerprint density at radius 1 is 0.983 bits per heavy atom. The second-order valence-corrected chi connectivity index (χ2v) is 18.1. The Morgan fingerprint density at radius 3 is 2.03 bits per heavy atom. The van der Waals surface area contributed by atoms with Crippen molar-refractivity contribution in [1.29, 1.82) is 0 Å². The summed E-state index contributed by atoms with van der Waals surface area (Å²) >= 11 is 0. The molecule has 0 bridgehead atoms. The third-order valence-electron chi connectivity index (χ3n) is 11.2. The highest BCUT2D eigenvalue weighted by atomic mass is 16.6. The number of carbonyl (C=O) groups is 4. The topological polar surface area (TPSA) is 178 Å². The first kappa shape index (κ1) is 45.6. The van der Waals surface area contributed by atoms with E-state index >= 15 is 0 Å². The van der Waals surface area contributed by atoms with Crippen molar-refractivity contribution in [2.24, 2.45) is 39.9 Å². The summed E-state index contributed by atoms with van der Waals surface area (Å²) in [5.74, 6) is -0.166. The highest BCUT2D eigenvalue weighted by Gasteiger charge is 2.46. The minimum Gasteiger partial charge on any atom is -0.495 e. The number of benzene rings is 1. The lowest BCUT2D eigenvalue weighted by atomic mass is 9.54. The Bertz CT molecular complexity index is 1970. The highest BCUT2D eigenvalue weighted by Crippen LogP contribution is 2.54. The average molecular weight is 807 g/mol. The van der Waals surface area contributed by atoms with Crippen LogP contribution in [-0.2, 0) is 30.3 Å².